The van der Waals surface area contributed by atoms with E-state index >= 15 is 0 Å². The first-order valence-corrected chi connectivity index (χ1v) is 6.97. The van der Waals surface area contributed by atoms with Crippen LogP contribution < -0.4 is 5.32 Å². The molecule has 0 unspecified atom stereocenters. The van der Waals surface area contributed by atoms with Crippen molar-refractivity contribution in [1.29, 1.82) is 0 Å². The van der Waals surface area contributed by atoms with Gasteiger partial charge in [0.1, 0.15) is 5.82 Å². The van der Waals surface area contributed by atoms with E-state index in [-0.39, 0.29) is 10.6 Å². The first-order valence-electron chi connectivity index (χ1n) is 4.92. The van der Waals surface area contributed by atoms with Crippen molar-refractivity contribution in [3.05, 3.63) is 43.6 Å². The lowest BCUT2D eigenvalue weighted by Gasteiger charge is -2.07. The van der Waals surface area contributed by atoms with Crippen molar-refractivity contribution >= 4 is 50.7 Å². The summed E-state index contributed by atoms with van der Waals surface area (Å²) in [5.74, 6) is -0.689. The number of carboxylic acids is 1. The molecule has 0 saturated heterocycles. The molecule has 2 aromatic rings. The molecule has 0 fully saturated rings. The van der Waals surface area contributed by atoms with Crippen LogP contribution in [0.15, 0.2) is 28.2 Å². The van der Waals surface area contributed by atoms with Gasteiger partial charge in [-0.05, 0) is 28.1 Å². The van der Waals surface area contributed by atoms with Crippen LogP contribution >= 0.6 is 38.9 Å². The Bertz CT molecular complexity index is 588. The summed E-state index contributed by atoms with van der Waals surface area (Å²) in [5, 5.41) is 14.1. The third-order valence-electron chi connectivity index (χ3n) is 2.17. The van der Waals surface area contributed by atoms with Gasteiger partial charge in [-0.15, -0.1) is 11.3 Å². The predicted octanol–water partition coefficient (Wildman–Crippen LogP) is 3.87. The van der Waals surface area contributed by atoms with Gasteiger partial charge >= 0.3 is 5.97 Å². The van der Waals surface area contributed by atoms with Gasteiger partial charge in [0.2, 0.25) is 0 Å². The highest BCUT2D eigenvalue weighted by molar-refractivity contribution is 9.10. The Balaban J connectivity index is 2.14. The monoisotopic (exact) mass is 346 g/mol. The van der Waals surface area contributed by atoms with E-state index in [0.29, 0.717) is 12.4 Å². The number of anilines is 1. The van der Waals surface area contributed by atoms with Gasteiger partial charge in [-0.2, -0.15) is 0 Å². The lowest BCUT2D eigenvalue weighted by molar-refractivity contribution is 0.0697. The van der Waals surface area contributed by atoms with Crippen molar-refractivity contribution in [3.8, 4) is 0 Å². The van der Waals surface area contributed by atoms with Crippen LogP contribution in [0.2, 0.25) is 5.02 Å². The SMILES string of the molecule is O=C(O)c1ccnc(NCc2cc(Br)cs2)c1Cl. The maximum atomic E-state index is 10.9. The van der Waals surface area contributed by atoms with Gasteiger partial charge in [-0.25, -0.2) is 9.78 Å². The molecular formula is C11H8BrClN2O2S. The summed E-state index contributed by atoms with van der Waals surface area (Å²) in [6.45, 7) is 0.548. The minimum atomic E-state index is -1.07. The summed E-state index contributed by atoms with van der Waals surface area (Å²) in [5.41, 5.74) is 0.0431. The average molecular weight is 348 g/mol. The van der Waals surface area contributed by atoms with Crippen molar-refractivity contribution in [2.75, 3.05) is 5.32 Å². The zero-order valence-corrected chi connectivity index (χ0v) is 12.1. The molecule has 0 aliphatic carbocycles. The molecule has 2 rings (SSSR count). The maximum absolute atomic E-state index is 10.9. The normalized spacial score (nSPS) is 10.3. The molecule has 7 heteroatoms. The van der Waals surface area contributed by atoms with Gasteiger partial charge in [0.25, 0.3) is 0 Å². The fraction of sp³-hybridized carbons (Fsp3) is 0.0909. The number of aromatic carboxylic acids is 1. The number of rotatable bonds is 4. The quantitative estimate of drug-likeness (QED) is 0.881. The number of carbonyl (C=O) groups is 1. The van der Waals surface area contributed by atoms with Crippen molar-refractivity contribution in [2.45, 2.75) is 6.54 Å². The molecular weight excluding hydrogens is 340 g/mol. The van der Waals surface area contributed by atoms with Crippen LogP contribution in [-0.2, 0) is 6.54 Å². The molecule has 18 heavy (non-hydrogen) atoms. The van der Waals surface area contributed by atoms with E-state index in [2.05, 4.69) is 26.2 Å². The Hall–Kier alpha value is -1.11. The lowest BCUT2D eigenvalue weighted by Crippen LogP contribution is -2.04. The van der Waals surface area contributed by atoms with Gasteiger partial charge < -0.3 is 10.4 Å². The molecule has 0 radical (unpaired) electrons. The van der Waals surface area contributed by atoms with Gasteiger partial charge in [-0.1, -0.05) is 11.6 Å². The molecule has 2 N–H and O–H groups in total. The number of pyridine rings is 1. The Morgan fingerprint density at radius 2 is 2.39 bits per heavy atom. The molecule has 0 spiro atoms. The standard InChI is InChI=1S/C11H8BrClN2O2S/c12-6-3-7(18-5-6)4-15-10-9(13)8(11(16)17)1-2-14-10/h1-3,5H,4H2,(H,14,15)(H,16,17). The molecule has 4 nitrogen and oxygen atoms in total. The van der Waals surface area contributed by atoms with Gasteiger partial charge in [-0.3, -0.25) is 0 Å². The highest BCUT2D eigenvalue weighted by Crippen LogP contribution is 2.25. The number of hydrogen-bond donors (Lipinski definition) is 2. The maximum Gasteiger partial charge on any atom is 0.337 e. The van der Waals surface area contributed by atoms with Gasteiger partial charge in [0.05, 0.1) is 17.1 Å². The summed E-state index contributed by atoms with van der Waals surface area (Å²) in [6.07, 6.45) is 1.42. The second-order valence-corrected chi connectivity index (χ2v) is 5.70. The Morgan fingerprint density at radius 3 is 3.00 bits per heavy atom. The van der Waals surface area contributed by atoms with Crippen LogP contribution in [0.5, 0.6) is 0 Å². The number of nitrogens with one attached hydrogen (secondary N) is 1. The highest BCUT2D eigenvalue weighted by Gasteiger charge is 2.13. The third-order valence-corrected chi connectivity index (χ3v) is 4.25. The van der Waals surface area contributed by atoms with Crippen LogP contribution in [0.25, 0.3) is 0 Å². The van der Waals surface area contributed by atoms with E-state index in [1.165, 1.54) is 12.3 Å². The van der Waals surface area contributed by atoms with Crippen molar-refractivity contribution in [1.82, 2.24) is 4.98 Å². The Morgan fingerprint density at radius 1 is 1.61 bits per heavy atom. The Labute approximate surface area is 121 Å². The predicted molar refractivity (Wildman–Crippen MR) is 75.6 cm³/mol. The van der Waals surface area contributed by atoms with E-state index in [0.717, 1.165) is 9.35 Å². The molecule has 0 saturated carbocycles. The van der Waals surface area contributed by atoms with Gasteiger partial charge in [0.15, 0.2) is 0 Å². The van der Waals surface area contributed by atoms with E-state index in [1.807, 2.05) is 11.4 Å². The minimum absolute atomic E-state index is 0.0431. The first kappa shape index (κ1) is 13.3. The lowest BCUT2D eigenvalue weighted by atomic mass is 10.2. The molecule has 0 aliphatic heterocycles. The van der Waals surface area contributed by atoms with Crippen LogP contribution in [-0.4, -0.2) is 16.1 Å². The topological polar surface area (TPSA) is 62.2 Å². The number of hydrogen-bond acceptors (Lipinski definition) is 4. The molecule has 2 heterocycles. The largest absolute Gasteiger partial charge is 0.478 e. The van der Waals surface area contributed by atoms with E-state index in [9.17, 15) is 4.79 Å². The summed E-state index contributed by atoms with van der Waals surface area (Å²) >= 11 is 10.9. The van der Waals surface area contributed by atoms with Crippen molar-refractivity contribution in [3.63, 3.8) is 0 Å². The van der Waals surface area contributed by atoms with Crippen LogP contribution in [0.4, 0.5) is 5.82 Å². The van der Waals surface area contributed by atoms with E-state index in [1.54, 1.807) is 11.3 Å². The average Bonchev–Trinajstić information content (AvgIpc) is 2.73. The number of halogens is 2. The molecule has 0 amide bonds. The number of nitrogens with zero attached hydrogens (tertiary/aromatic N) is 1. The second kappa shape index (κ2) is 5.69. The number of aromatic nitrogens is 1. The minimum Gasteiger partial charge on any atom is -0.478 e. The number of thiophene rings is 1. The molecule has 0 aliphatic rings. The Kier molecular flexibility index (Phi) is 4.21. The fourth-order valence-electron chi connectivity index (χ4n) is 1.35. The fourth-order valence-corrected chi connectivity index (χ4v) is 3.00. The van der Waals surface area contributed by atoms with Gasteiger partial charge in [0, 0.05) is 20.9 Å². The number of carboxylic acid groups (broad SMARTS) is 1. The summed E-state index contributed by atoms with van der Waals surface area (Å²) < 4.78 is 1.02. The van der Waals surface area contributed by atoms with Crippen molar-refractivity contribution in [2.24, 2.45) is 0 Å². The second-order valence-electron chi connectivity index (χ2n) is 3.41. The summed E-state index contributed by atoms with van der Waals surface area (Å²) in [7, 11) is 0. The van der Waals surface area contributed by atoms with E-state index < -0.39 is 5.97 Å². The third kappa shape index (κ3) is 3.01. The molecule has 94 valence electrons. The van der Waals surface area contributed by atoms with E-state index in [4.69, 9.17) is 16.7 Å². The molecule has 0 aromatic carbocycles. The van der Waals surface area contributed by atoms with Crippen LogP contribution in [0, 0.1) is 0 Å². The van der Waals surface area contributed by atoms with Crippen LogP contribution in [0.3, 0.4) is 0 Å². The summed E-state index contributed by atoms with van der Waals surface area (Å²) in [4.78, 5) is 16.0. The molecule has 2 aromatic heterocycles. The molecule has 0 bridgehead atoms. The summed E-state index contributed by atoms with van der Waals surface area (Å²) in [6, 6.07) is 3.35. The zero-order chi connectivity index (χ0) is 13.1. The highest BCUT2D eigenvalue weighted by atomic mass is 79.9. The first-order chi connectivity index (χ1) is 8.58. The zero-order valence-electron chi connectivity index (χ0n) is 8.98. The van der Waals surface area contributed by atoms with Crippen LogP contribution in [0.1, 0.15) is 15.2 Å². The molecule has 0 atom stereocenters. The smallest absolute Gasteiger partial charge is 0.337 e. The van der Waals surface area contributed by atoms with Crippen molar-refractivity contribution < 1.29 is 9.90 Å².